The van der Waals surface area contributed by atoms with E-state index in [0.29, 0.717) is 6.54 Å². The van der Waals surface area contributed by atoms with E-state index in [4.69, 9.17) is 4.74 Å². The Morgan fingerprint density at radius 1 is 1.23 bits per heavy atom. The van der Waals surface area contributed by atoms with Gasteiger partial charge in [-0.15, -0.1) is 0 Å². The van der Waals surface area contributed by atoms with Crippen molar-refractivity contribution in [2.45, 2.75) is 44.3 Å². The molecule has 0 aromatic heterocycles. The first-order valence-electron chi connectivity index (χ1n) is 8.32. The van der Waals surface area contributed by atoms with Crippen LogP contribution < -0.4 is 5.32 Å². The summed E-state index contributed by atoms with van der Waals surface area (Å²) < 4.78 is 5.74. The monoisotopic (exact) mass is 302 g/mol. The van der Waals surface area contributed by atoms with Gasteiger partial charge in [-0.3, -0.25) is 9.69 Å². The van der Waals surface area contributed by atoms with Crippen molar-refractivity contribution in [1.82, 2.24) is 10.2 Å². The van der Waals surface area contributed by atoms with E-state index in [9.17, 15) is 4.79 Å². The maximum Gasteiger partial charge on any atom is 0.230 e. The van der Waals surface area contributed by atoms with Crippen LogP contribution in [0.1, 0.15) is 32.3 Å². The minimum Gasteiger partial charge on any atom is -0.373 e. The summed E-state index contributed by atoms with van der Waals surface area (Å²) in [7, 11) is 0. The molecule has 0 spiro atoms. The summed E-state index contributed by atoms with van der Waals surface area (Å²) in [6.07, 6.45) is 2.49. The molecular weight excluding hydrogens is 276 g/mol. The Morgan fingerprint density at radius 3 is 2.45 bits per heavy atom. The zero-order valence-electron chi connectivity index (χ0n) is 13.5. The number of morpholine rings is 1. The number of benzene rings is 1. The first kappa shape index (κ1) is 15.5. The van der Waals surface area contributed by atoms with E-state index < -0.39 is 0 Å². The van der Waals surface area contributed by atoms with Crippen molar-refractivity contribution in [1.29, 1.82) is 0 Å². The second kappa shape index (κ2) is 6.39. The summed E-state index contributed by atoms with van der Waals surface area (Å²) in [5.74, 6) is 0.188. The fraction of sp³-hybridized carbons (Fsp3) is 0.611. The predicted octanol–water partition coefficient (Wildman–Crippen LogP) is 1.94. The van der Waals surface area contributed by atoms with Crippen LogP contribution in [0, 0.1) is 0 Å². The number of amides is 1. The molecule has 1 aliphatic heterocycles. The summed E-state index contributed by atoms with van der Waals surface area (Å²) in [6, 6.07) is 10.2. The van der Waals surface area contributed by atoms with Gasteiger partial charge in [0.15, 0.2) is 0 Å². The Hall–Kier alpha value is -1.39. The largest absolute Gasteiger partial charge is 0.373 e. The highest BCUT2D eigenvalue weighted by Gasteiger charge is 2.50. The van der Waals surface area contributed by atoms with Gasteiger partial charge in [-0.2, -0.15) is 0 Å². The fourth-order valence-electron chi connectivity index (χ4n) is 3.49. The quantitative estimate of drug-likeness (QED) is 0.904. The van der Waals surface area contributed by atoms with Gasteiger partial charge in [0.2, 0.25) is 5.91 Å². The van der Waals surface area contributed by atoms with E-state index in [1.807, 2.05) is 18.2 Å². The van der Waals surface area contributed by atoms with Crippen LogP contribution in [0.2, 0.25) is 0 Å². The van der Waals surface area contributed by atoms with E-state index >= 15 is 0 Å². The van der Waals surface area contributed by atoms with Gasteiger partial charge in [-0.1, -0.05) is 30.3 Å². The predicted molar refractivity (Wildman–Crippen MR) is 86.8 cm³/mol. The average Bonchev–Trinajstić information content (AvgIpc) is 3.29. The number of carbonyl (C=O) groups excluding carboxylic acids is 1. The lowest BCUT2D eigenvalue weighted by Crippen LogP contribution is -2.48. The number of rotatable bonds is 5. The van der Waals surface area contributed by atoms with Gasteiger partial charge in [-0.25, -0.2) is 0 Å². The molecule has 2 unspecified atom stereocenters. The summed E-state index contributed by atoms with van der Waals surface area (Å²) in [4.78, 5) is 14.9. The molecular formula is C18H26N2O2. The molecule has 4 nitrogen and oxygen atoms in total. The second-order valence-electron chi connectivity index (χ2n) is 6.72. The van der Waals surface area contributed by atoms with Gasteiger partial charge in [-0.05, 0) is 32.3 Å². The summed E-state index contributed by atoms with van der Waals surface area (Å²) in [5, 5.41) is 3.14. The van der Waals surface area contributed by atoms with Crippen LogP contribution in [0.3, 0.4) is 0 Å². The number of hydrogen-bond acceptors (Lipinski definition) is 3. The van der Waals surface area contributed by atoms with Gasteiger partial charge in [0.05, 0.1) is 17.6 Å². The molecule has 1 amide bonds. The first-order chi connectivity index (χ1) is 10.6. The van der Waals surface area contributed by atoms with Gasteiger partial charge in [0.1, 0.15) is 0 Å². The molecule has 1 heterocycles. The van der Waals surface area contributed by atoms with Crippen molar-refractivity contribution in [3.63, 3.8) is 0 Å². The van der Waals surface area contributed by atoms with Crippen LogP contribution in [0.25, 0.3) is 0 Å². The van der Waals surface area contributed by atoms with Crippen LogP contribution in [0.5, 0.6) is 0 Å². The maximum absolute atomic E-state index is 12.5. The summed E-state index contributed by atoms with van der Waals surface area (Å²) in [5.41, 5.74) is 0.897. The molecule has 120 valence electrons. The summed E-state index contributed by atoms with van der Waals surface area (Å²) in [6.45, 7) is 7.72. The molecule has 1 saturated carbocycles. The third kappa shape index (κ3) is 3.33. The van der Waals surface area contributed by atoms with Gasteiger partial charge < -0.3 is 10.1 Å². The molecule has 22 heavy (non-hydrogen) atoms. The van der Waals surface area contributed by atoms with Crippen molar-refractivity contribution in [2.75, 3.05) is 26.2 Å². The lowest BCUT2D eigenvalue weighted by atomic mass is 9.95. The zero-order valence-corrected chi connectivity index (χ0v) is 13.5. The molecule has 0 bridgehead atoms. The summed E-state index contributed by atoms with van der Waals surface area (Å²) >= 11 is 0. The number of nitrogens with one attached hydrogen (secondary N) is 1. The van der Waals surface area contributed by atoms with E-state index in [2.05, 4.69) is 36.2 Å². The highest BCUT2D eigenvalue weighted by atomic mass is 16.5. The molecule has 2 aliphatic rings. The molecule has 1 N–H and O–H groups in total. The average molecular weight is 302 g/mol. The zero-order chi connectivity index (χ0) is 15.6. The molecule has 2 fully saturated rings. The van der Waals surface area contributed by atoms with E-state index in [1.54, 1.807) is 0 Å². The second-order valence-corrected chi connectivity index (χ2v) is 6.72. The normalized spacial score (nSPS) is 27.4. The third-order valence-corrected chi connectivity index (χ3v) is 4.72. The Balaban J connectivity index is 1.49. The lowest BCUT2D eigenvalue weighted by Gasteiger charge is -2.35. The SMILES string of the molecule is CC1CN(CCNC(=O)C2(c3ccccc3)CC2)CC(C)O1. The molecule has 2 atom stereocenters. The van der Waals surface area contributed by atoms with Crippen LogP contribution in [-0.2, 0) is 14.9 Å². The number of hydrogen-bond donors (Lipinski definition) is 1. The van der Waals surface area contributed by atoms with Crippen LogP contribution in [0.15, 0.2) is 30.3 Å². The van der Waals surface area contributed by atoms with E-state index in [-0.39, 0.29) is 23.5 Å². The molecule has 1 aromatic rings. The third-order valence-electron chi connectivity index (χ3n) is 4.72. The van der Waals surface area contributed by atoms with Gasteiger partial charge in [0.25, 0.3) is 0 Å². The van der Waals surface area contributed by atoms with Crippen LogP contribution in [0.4, 0.5) is 0 Å². The number of ether oxygens (including phenoxy) is 1. The minimum atomic E-state index is -0.257. The van der Waals surface area contributed by atoms with Gasteiger partial charge in [0, 0.05) is 26.2 Å². The number of nitrogens with zero attached hydrogens (tertiary/aromatic N) is 1. The highest BCUT2D eigenvalue weighted by Crippen LogP contribution is 2.48. The molecule has 0 radical (unpaired) electrons. The molecule has 3 rings (SSSR count). The first-order valence-corrected chi connectivity index (χ1v) is 8.32. The van der Waals surface area contributed by atoms with Crippen LogP contribution in [-0.4, -0.2) is 49.2 Å². The highest BCUT2D eigenvalue weighted by molar-refractivity contribution is 5.91. The molecule has 4 heteroatoms. The topological polar surface area (TPSA) is 41.6 Å². The van der Waals surface area contributed by atoms with Crippen molar-refractivity contribution >= 4 is 5.91 Å². The standard InChI is InChI=1S/C18H26N2O2/c1-14-12-20(13-15(2)22-14)11-10-19-17(21)18(8-9-18)16-6-4-3-5-7-16/h3-7,14-15H,8-13H2,1-2H3,(H,19,21). The smallest absolute Gasteiger partial charge is 0.230 e. The number of carbonyl (C=O) groups is 1. The molecule has 1 aromatic carbocycles. The van der Waals surface area contributed by atoms with E-state index in [0.717, 1.165) is 38.0 Å². The molecule has 1 saturated heterocycles. The van der Waals surface area contributed by atoms with Crippen molar-refractivity contribution < 1.29 is 9.53 Å². The minimum absolute atomic E-state index is 0.188. The van der Waals surface area contributed by atoms with E-state index in [1.165, 1.54) is 0 Å². The Bertz CT molecular complexity index is 503. The maximum atomic E-state index is 12.5. The fourth-order valence-corrected chi connectivity index (χ4v) is 3.49. The van der Waals surface area contributed by atoms with Crippen molar-refractivity contribution in [3.05, 3.63) is 35.9 Å². The Kier molecular flexibility index (Phi) is 4.50. The van der Waals surface area contributed by atoms with Gasteiger partial charge >= 0.3 is 0 Å². The van der Waals surface area contributed by atoms with Crippen molar-refractivity contribution in [3.8, 4) is 0 Å². The lowest BCUT2D eigenvalue weighted by molar-refractivity contribution is -0.123. The van der Waals surface area contributed by atoms with Crippen molar-refractivity contribution in [2.24, 2.45) is 0 Å². The van der Waals surface area contributed by atoms with Crippen LogP contribution >= 0.6 is 0 Å². The Morgan fingerprint density at radius 2 is 1.86 bits per heavy atom. The Labute approximate surface area is 132 Å². The molecule has 1 aliphatic carbocycles.